The van der Waals surface area contributed by atoms with Crippen molar-refractivity contribution in [3.05, 3.63) is 0 Å². The van der Waals surface area contributed by atoms with Gasteiger partial charge in [-0.25, -0.2) is 0 Å². The molecular formula is C13H26N2OS. The van der Waals surface area contributed by atoms with Gasteiger partial charge in [0, 0.05) is 24.9 Å². The molecule has 1 aliphatic heterocycles. The van der Waals surface area contributed by atoms with Crippen molar-refractivity contribution in [3.8, 4) is 0 Å². The molecule has 1 heterocycles. The van der Waals surface area contributed by atoms with E-state index in [1.165, 1.54) is 0 Å². The van der Waals surface area contributed by atoms with Crippen molar-refractivity contribution in [1.29, 1.82) is 0 Å². The topological polar surface area (TPSA) is 33.6 Å². The normalized spacial score (nSPS) is 22.7. The fraction of sp³-hybridized carbons (Fsp3) is 0.923. The van der Waals surface area contributed by atoms with Crippen LogP contribution in [0.4, 0.5) is 0 Å². The number of aliphatic imine (C=N–C) groups is 1. The molecule has 0 bridgehead atoms. The Hall–Kier alpha value is -0.220. The molecule has 0 aromatic carbocycles. The van der Waals surface area contributed by atoms with E-state index in [0.29, 0.717) is 18.1 Å². The van der Waals surface area contributed by atoms with Crippen LogP contribution < -0.4 is 5.32 Å². The van der Waals surface area contributed by atoms with Crippen molar-refractivity contribution in [2.24, 2.45) is 10.9 Å². The van der Waals surface area contributed by atoms with Gasteiger partial charge in [0.2, 0.25) is 0 Å². The van der Waals surface area contributed by atoms with Gasteiger partial charge in [-0.15, -0.1) is 0 Å². The van der Waals surface area contributed by atoms with Crippen LogP contribution in [0.25, 0.3) is 0 Å². The lowest BCUT2D eigenvalue weighted by Gasteiger charge is -2.13. The number of hydrogen-bond acceptors (Lipinski definition) is 3. The molecule has 1 aliphatic rings. The van der Waals surface area contributed by atoms with Crippen molar-refractivity contribution < 1.29 is 4.74 Å². The van der Waals surface area contributed by atoms with Crippen LogP contribution in [0.2, 0.25) is 0 Å². The van der Waals surface area contributed by atoms with Crippen LogP contribution in [0.5, 0.6) is 0 Å². The fourth-order valence-corrected chi connectivity index (χ4v) is 2.80. The van der Waals surface area contributed by atoms with Crippen molar-refractivity contribution in [3.63, 3.8) is 0 Å². The summed E-state index contributed by atoms with van der Waals surface area (Å²) in [7, 11) is 0. The standard InChI is InChI=1S/C13H26N2OS/c1-10(2)12-9-17-13(15-12)14-7-5-6-8-16-11(3)4/h10-12H,5-9H2,1-4H3,(H,14,15). The quantitative estimate of drug-likeness (QED) is 0.713. The molecule has 100 valence electrons. The predicted octanol–water partition coefficient (Wildman–Crippen LogP) is 2.91. The lowest BCUT2D eigenvalue weighted by Crippen LogP contribution is -2.31. The third-order valence-corrected chi connectivity index (χ3v) is 3.82. The van der Waals surface area contributed by atoms with Crippen LogP contribution in [0.1, 0.15) is 40.5 Å². The number of amidine groups is 1. The molecule has 1 fully saturated rings. The average molecular weight is 258 g/mol. The van der Waals surface area contributed by atoms with Gasteiger partial charge in [0.25, 0.3) is 0 Å². The first-order chi connectivity index (χ1) is 8.09. The Kier molecular flexibility index (Phi) is 6.97. The van der Waals surface area contributed by atoms with E-state index in [1.807, 2.05) is 11.8 Å². The van der Waals surface area contributed by atoms with Gasteiger partial charge in [-0.05, 0) is 32.6 Å². The molecule has 1 unspecified atom stereocenters. The summed E-state index contributed by atoms with van der Waals surface area (Å²) in [5, 5.41) is 4.61. The van der Waals surface area contributed by atoms with Gasteiger partial charge in [-0.1, -0.05) is 25.6 Å². The highest BCUT2D eigenvalue weighted by Gasteiger charge is 2.22. The number of nitrogens with zero attached hydrogens (tertiary/aromatic N) is 1. The van der Waals surface area contributed by atoms with Crippen LogP contribution in [0.3, 0.4) is 0 Å². The summed E-state index contributed by atoms with van der Waals surface area (Å²) in [6.45, 7) is 10.4. The summed E-state index contributed by atoms with van der Waals surface area (Å²) in [6, 6.07) is 0.600. The van der Waals surface area contributed by atoms with Gasteiger partial charge in [0.1, 0.15) is 0 Å². The minimum Gasteiger partial charge on any atom is -0.379 e. The molecule has 3 nitrogen and oxygen atoms in total. The van der Waals surface area contributed by atoms with Gasteiger partial charge >= 0.3 is 0 Å². The monoisotopic (exact) mass is 258 g/mol. The lowest BCUT2D eigenvalue weighted by molar-refractivity contribution is 0.0764. The smallest absolute Gasteiger partial charge is 0.156 e. The number of thioether (sulfide) groups is 1. The number of ether oxygens (including phenoxy) is 1. The molecular weight excluding hydrogens is 232 g/mol. The number of rotatable bonds is 7. The molecule has 0 aliphatic carbocycles. The van der Waals surface area contributed by atoms with E-state index in [4.69, 9.17) is 4.74 Å². The largest absolute Gasteiger partial charge is 0.379 e. The maximum atomic E-state index is 5.49. The second-order valence-corrected chi connectivity index (χ2v) is 6.13. The van der Waals surface area contributed by atoms with Gasteiger partial charge in [-0.3, -0.25) is 4.99 Å². The molecule has 1 N–H and O–H groups in total. The molecule has 0 aromatic rings. The summed E-state index contributed by atoms with van der Waals surface area (Å²) in [5.74, 6) is 1.85. The molecule has 0 spiro atoms. The zero-order valence-corrected chi connectivity index (χ0v) is 12.3. The maximum absolute atomic E-state index is 5.49. The Labute approximate surface area is 110 Å². The van der Waals surface area contributed by atoms with E-state index >= 15 is 0 Å². The van der Waals surface area contributed by atoms with E-state index in [2.05, 4.69) is 38.0 Å². The van der Waals surface area contributed by atoms with E-state index in [1.54, 1.807) is 0 Å². The zero-order valence-electron chi connectivity index (χ0n) is 11.5. The van der Waals surface area contributed by atoms with E-state index in [9.17, 15) is 0 Å². The zero-order chi connectivity index (χ0) is 12.7. The molecule has 1 atom stereocenters. The van der Waals surface area contributed by atoms with Crippen LogP contribution in [0.15, 0.2) is 4.99 Å². The second kappa shape index (κ2) is 7.98. The molecule has 1 saturated heterocycles. The Bertz CT molecular complexity index is 242. The van der Waals surface area contributed by atoms with Crippen molar-refractivity contribution in [1.82, 2.24) is 5.32 Å². The minimum atomic E-state index is 0.347. The van der Waals surface area contributed by atoms with E-state index < -0.39 is 0 Å². The van der Waals surface area contributed by atoms with Crippen LogP contribution in [-0.2, 0) is 4.74 Å². The summed E-state index contributed by atoms with van der Waals surface area (Å²) >= 11 is 1.86. The third-order valence-electron chi connectivity index (χ3n) is 2.77. The average Bonchev–Trinajstić information content (AvgIpc) is 2.71. The Morgan fingerprint density at radius 3 is 2.71 bits per heavy atom. The van der Waals surface area contributed by atoms with Crippen LogP contribution in [-0.4, -0.2) is 36.2 Å². The summed E-state index contributed by atoms with van der Waals surface area (Å²) in [4.78, 5) is 4.59. The SMILES string of the molecule is CC(C)OCCCCN=C1NC(C(C)C)CS1. The predicted molar refractivity (Wildman–Crippen MR) is 76.8 cm³/mol. The van der Waals surface area contributed by atoms with Gasteiger partial charge in [-0.2, -0.15) is 0 Å². The number of hydrogen-bond donors (Lipinski definition) is 1. The van der Waals surface area contributed by atoms with E-state index in [-0.39, 0.29) is 0 Å². The Balaban J connectivity index is 2.06. The highest BCUT2D eigenvalue weighted by Crippen LogP contribution is 2.18. The third kappa shape index (κ3) is 6.32. The summed E-state index contributed by atoms with van der Waals surface area (Å²) in [6.07, 6.45) is 2.57. The Morgan fingerprint density at radius 2 is 2.12 bits per heavy atom. The van der Waals surface area contributed by atoms with Crippen molar-refractivity contribution >= 4 is 16.9 Å². The lowest BCUT2D eigenvalue weighted by atomic mass is 10.1. The summed E-state index contributed by atoms with van der Waals surface area (Å²) in [5.41, 5.74) is 0. The van der Waals surface area contributed by atoms with Crippen molar-refractivity contribution in [2.45, 2.75) is 52.7 Å². The first-order valence-electron chi connectivity index (χ1n) is 6.65. The second-order valence-electron chi connectivity index (χ2n) is 5.12. The molecule has 4 heteroatoms. The fourth-order valence-electron chi connectivity index (χ4n) is 1.57. The molecule has 0 amide bonds. The van der Waals surface area contributed by atoms with Gasteiger partial charge in [0.05, 0.1) is 6.10 Å². The van der Waals surface area contributed by atoms with Gasteiger partial charge < -0.3 is 10.1 Å². The first kappa shape index (κ1) is 14.8. The number of nitrogens with one attached hydrogen (secondary N) is 1. The first-order valence-corrected chi connectivity index (χ1v) is 7.63. The maximum Gasteiger partial charge on any atom is 0.156 e. The molecule has 1 rings (SSSR count). The molecule has 0 aromatic heterocycles. The van der Waals surface area contributed by atoms with Crippen molar-refractivity contribution in [2.75, 3.05) is 18.9 Å². The Morgan fingerprint density at radius 1 is 1.35 bits per heavy atom. The highest BCUT2D eigenvalue weighted by molar-refractivity contribution is 8.14. The minimum absolute atomic E-state index is 0.347. The molecule has 0 saturated carbocycles. The van der Waals surface area contributed by atoms with Crippen LogP contribution in [0, 0.1) is 5.92 Å². The van der Waals surface area contributed by atoms with Gasteiger partial charge in [0.15, 0.2) is 5.17 Å². The molecule has 0 radical (unpaired) electrons. The summed E-state index contributed by atoms with van der Waals surface area (Å²) < 4.78 is 5.49. The van der Waals surface area contributed by atoms with Crippen LogP contribution >= 0.6 is 11.8 Å². The number of unbranched alkanes of at least 4 members (excludes halogenated alkanes) is 1. The van der Waals surface area contributed by atoms with E-state index in [0.717, 1.165) is 36.9 Å². The molecule has 17 heavy (non-hydrogen) atoms. The highest BCUT2D eigenvalue weighted by atomic mass is 32.2.